The lowest BCUT2D eigenvalue weighted by Gasteiger charge is -2.27. The summed E-state index contributed by atoms with van der Waals surface area (Å²) < 4.78 is 5.55. The van der Waals surface area contributed by atoms with Gasteiger partial charge in [0.25, 0.3) is 0 Å². The first kappa shape index (κ1) is 17.5. The summed E-state index contributed by atoms with van der Waals surface area (Å²) >= 11 is 0. The van der Waals surface area contributed by atoms with Gasteiger partial charge in [0.15, 0.2) is 0 Å². The summed E-state index contributed by atoms with van der Waals surface area (Å²) in [6, 6.07) is 8.02. The molecule has 4 nitrogen and oxygen atoms in total. The maximum atomic E-state index is 12.3. The van der Waals surface area contributed by atoms with Gasteiger partial charge in [-0.1, -0.05) is 24.6 Å². The van der Waals surface area contributed by atoms with Gasteiger partial charge in [-0.3, -0.25) is 4.79 Å². The average molecular weight is 292 g/mol. The van der Waals surface area contributed by atoms with Crippen LogP contribution in [0.2, 0.25) is 0 Å². The van der Waals surface area contributed by atoms with Gasteiger partial charge >= 0.3 is 0 Å². The molecule has 0 aliphatic rings. The van der Waals surface area contributed by atoms with E-state index in [2.05, 4.69) is 17.6 Å². The Bertz CT molecular complexity index is 441. The first-order chi connectivity index (χ1) is 9.85. The molecule has 0 spiro atoms. The second-order valence-electron chi connectivity index (χ2n) is 6.01. The first-order valence-corrected chi connectivity index (χ1v) is 7.60. The summed E-state index contributed by atoms with van der Waals surface area (Å²) in [5, 5.41) is 6.20. The number of carbonyl (C=O) groups excluding carboxylic acids is 1. The fourth-order valence-electron chi connectivity index (χ4n) is 1.89. The van der Waals surface area contributed by atoms with Crippen molar-refractivity contribution in [3.8, 4) is 0 Å². The molecule has 0 bridgehead atoms. The molecule has 0 aromatic heterocycles. The highest BCUT2D eigenvalue weighted by molar-refractivity contribution is 5.88. The molecule has 1 unspecified atom stereocenters. The zero-order chi connectivity index (χ0) is 15.9. The minimum atomic E-state index is -0.667. The van der Waals surface area contributed by atoms with E-state index in [0.717, 1.165) is 18.7 Å². The van der Waals surface area contributed by atoms with Crippen LogP contribution in [0.1, 0.15) is 39.7 Å². The Morgan fingerprint density at radius 2 is 1.90 bits per heavy atom. The molecule has 0 saturated heterocycles. The molecule has 1 aromatic carbocycles. The van der Waals surface area contributed by atoms with Crippen LogP contribution in [-0.2, 0) is 9.53 Å². The molecule has 0 aliphatic heterocycles. The maximum absolute atomic E-state index is 12.3. The zero-order valence-electron chi connectivity index (χ0n) is 13.8. The van der Waals surface area contributed by atoms with E-state index in [1.807, 2.05) is 52.0 Å². The van der Waals surface area contributed by atoms with Gasteiger partial charge in [-0.05, 0) is 46.2 Å². The summed E-state index contributed by atoms with van der Waals surface area (Å²) in [4.78, 5) is 12.3. The first-order valence-electron chi connectivity index (χ1n) is 7.60. The second-order valence-corrected chi connectivity index (χ2v) is 6.01. The molecule has 21 heavy (non-hydrogen) atoms. The molecule has 1 rings (SSSR count). The molecule has 118 valence electrons. The lowest BCUT2D eigenvalue weighted by atomic mass is 10.0. The summed E-state index contributed by atoms with van der Waals surface area (Å²) in [6.45, 7) is 11.1. The minimum absolute atomic E-state index is 0.0316. The quantitative estimate of drug-likeness (QED) is 0.774. The Labute approximate surface area is 128 Å². The molecule has 0 radical (unpaired) electrons. The van der Waals surface area contributed by atoms with Crippen molar-refractivity contribution in [2.75, 3.05) is 18.5 Å². The van der Waals surface area contributed by atoms with E-state index in [0.29, 0.717) is 6.54 Å². The average Bonchev–Trinajstić information content (AvgIpc) is 2.44. The zero-order valence-corrected chi connectivity index (χ0v) is 13.8. The van der Waals surface area contributed by atoms with Crippen LogP contribution in [0.3, 0.4) is 0 Å². The van der Waals surface area contributed by atoms with Gasteiger partial charge in [0.2, 0.25) is 5.91 Å². The molecule has 0 heterocycles. The van der Waals surface area contributed by atoms with Gasteiger partial charge < -0.3 is 15.4 Å². The maximum Gasteiger partial charge on any atom is 0.245 e. The van der Waals surface area contributed by atoms with E-state index in [-0.39, 0.29) is 12.0 Å². The van der Waals surface area contributed by atoms with E-state index in [1.54, 1.807) is 0 Å². The topological polar surface area (TPSA) is 50.4 Å². The number of benzene rings is 1. The molecule has 0 saturated carbocycles. The number of aryl methyl sites for hydroxylation is 1. The Morgan fingerprint density at radius 1 is 1.29 bits per heavy atom. The molecule has 1 aromatic rings. The highest BCUT2D eigenvalue weighted by Gasteiger charge is 2.27. The van der Waals surface area contributed by atoms with Crippen LogP contribution in [0.25, 0.3) is 0 Å². The van der Waals surface area contributed by atoms with Crippen molar-refractivity contribution < 1.29 is 9.53 Å². The Balaban J connectivity index is 2.49. The third kappa shape index (κ3) is 6.17. The number of amides is 1. The van der Waals surface area contributed by atoms with Crippen LogP contribution < -0.4 is 10.6 Å². The Hall–Kier alpha value is -1.55. The van der Waals surface area contributed by atoms with Crippen molar-refractivity contribution in [3.05, 3.63) is 29.8 Å². The third-order valence-corrected chi connectivity index (χ3v) is 3.23. The summed E-state index contributed by atoms with van der Waals surface area (Å²) in [5.41, 5.74) is 1.47. The van der Waals surface area contributed by atoms with Crippen molar-refractivity contribution in [2.24, 2.45) is 0 Å². The van der Waals surface area contributed by atoms with Crippen LogP contribution in [0.5, 0.6) is 0 Å². The predicted octanol–water partition coefficient (Wildman–Crippen LogP) is 3.12. The number of hydrogen-bond donors (Lipinski definition) is 2. The van der Waals surface area contributed by atoms with Crippen molar-refractivity contribution in [3.63, 3.8) is 0 Å². The van der Waals surface area contributed by atoms with E-state index in [9.17, 15) is 4.79 Å². The highest BCUT2D eigenvalue weighted by atomic mass is 16.5. The molecular formula is C17H28N2O2. The van der Waals surface area contributed by atoms with Crippen molar-refractivity contribution >= 4 is 11.6 Å². The molecule has 1 atom stereocenters. The van der Waals surface area contributed by atoms with Gasteiger partial charge in [-0.25, -0.2) is 0 Å². The monoisotopic (exact) mass is 292 g/mol. The van der Waals surface area contributed by atoms with E-state index >= 15 is 0 Å². The van der Waals surface area contributed by atoms with Gasteiger partial charge in [-0.2, -0.15) is 0 Å². The molecule has 4 heteroatoms. The number of carbonyl (C=O) groups is 1. The van der Waals surface area contributed by atoms with Gasteiger partial charge in [-0.15, -0.1) is 0 Å². The summed E-state index contributed by atoms with van der Waals surface area (Å²) in [6.07, 6.45) is 1.02. The third-order valence-electron chi connectivity index (χ3n) is 3.23. The number of nitrogens with one attached hydrogen (secondary N) is 2. The molecule has 0 aliphatic carbocycles. The minimum Gasteiger partial charge on any atom is -0.377 e. The fraction of sp³-hybridized carbons (Fsp3) is 0.588. The van der Waals surface area contributed by atoms with Crippen molar-refractivity contribution in [1.82, 2.24) is 5.32 Å². The van der Waals surface area contributed by atoms with Crippen LogP contribution in [0.4, 0.5) is 5.69 Å². The number of rotatable bonds is 8. The normalized spacial score (nSPS) is 12.8. The van der Waals surface area contributed by atoms with E-state index < -0.39 is 5.54 Å². The second kappa shape index (κ2) is 8.03. The van der Waals surface area contributed by atoms with E-state index in [4.69, 9.17) is 4.74 Å². The summed E-state index contributed by atoms with van der Waals surface area (Å²) in [5.74, 6) is -0.0324. The molecule has 2 N–H and O–H groups in total. The number of anilines is 1. The molecule has 1 amide bonds. The van der Waals surface area contributed by atoms with Crippen molar-refractivity contribution in [1.29, 1.82) is 0 Å². The number of hydrogen-bond acceptors (Lipinski definition) is 3. The SMILES string of the molecule is CCCOC(C)CNC(=O)C(C)(C)Nc1ccc(C)cc1. The summed E-state index contributed by atoms with van der Waals surface area (Å²) in [7, 11) is 0. The fourth-order valence-corrected chi connectivity index (χ4v) is 1.89. The largest absolute Gasteiger partial charge is 0.377 e. The van der Waals surface area contributed by atoms with Crippen LogP contribution >= 0.6 is 0 Å². The highest BCUT2D eigenvalue weighted by Crippen LogP contribution is 2.16. The lowest BCUT2D eigenvalue weighted by molar-refractivity contribution is -0.125. The Morgan fingerprint density at radius 3 is 2.48 bits per heavy atom. The van der Waals surface area contributed by atoms with Gasteiger partial charge in [0.05, 0.1) is 6.10 Å². The lowest BCUT2D eigenvalue weighted by Crippen LogP contribution is -2.49. The van der Waals surface area contributed by atoms with Crippen LogP contribution in [0.15, 0.2) is 24.3 Å². The standard InChI is InChI=1S/C17H28N2O2/c1-6-11-21-14(3)12-18-16(20)17(4,5)19-15-9-7-13(2)8-10-15/h7-10,14,19H,6,11-12H2,1-5H3,(H,18,20). The predicted molar refractivity (Wildman–Crippen MR) is 87.6 cm³/mol. The van der Waals surface area contributed by atoms with Gasteiger partial charge in [0.1, 0.15) is 5.54 Å². The molecular weight excluding hydrogens is 264 g/mol. The number of ether oxygens (including phenoxy) is 1. The Kier molecular flexibility index (Phi) is 6.69. The van der Waals surface area contributed by atoms with Crippen LogP contribution in [0, 0.1) is 6.92 Å². The van der Waals surface area contributed by atoms with Gasteiger partial charge in [0, 0.05) is 18.8 Å². The molecule has 0 fully saturated rings. The van der Waals surface area contributed by atoms with E-state index in [1.165, 1.54) is 5.56 Å². The van der Waals surface area contributed by atoms with Crippen LogP contribution in [-0.4, -0.2) is 30.7 Å². The van der Waals surface area contributed by atoms with Crippen molar-refractivity contribution in [2.45, 2.75) is 52.7 Å². The smallest absolute Gasteiger partial charge is 0.245 e.